The highest BCUT2D eigenvalue weighted by atomic mass is 16.5. The van der Waals surface area contributed by atoms with Crippen LogP contribution in [0.2, 0.25) is 0 Å². The van der Waals surface area contributed by atoms with Crippen LogP contribution >= 0.6 is 0 Å². The molecule has 0 saturated heterocycles. The van der Waals surface area contributed by atoms with Crippen molar-refractivity contribution in [2.45, 2.75) is 66.7 Å². The van der Waals surface area contributed by atoms with E-state index in [1.807, 2.05) is 0 Å². The zero-order valence-corrected chi connectivity index (χ0v) is 16.7. The van der Waals surface area contributed by atoms with Crippen LogP contribution in [-0.2, 0) is 0 Å². The number of hydrogen-bond donors (Lipinski definition) is 0. The first kappa shape index (κ1) is 19.1. The molecule has 0 amide bonds. The third-order valence-electron chi connectivity index (χ3n) is 5.62. The lowest BCUT2D eigenvalue weighted by Gasteiger charge is -2.36. The van der Waals surface area contributed by atoms with Gasteiger partial charge in [0, 0.05) is 5.92 Å². The Bertz CT molecular complexity index is 544. The predicted molar refractivity (Wildman–Crippen MR) is 105 cm³/mol. The molecule has 1 aliphatic rings. The Morgan fingerprint density at radius 1 is 1.08 bits per heavy atom. The molecule has 0 unspecified atom stereocenters. The predicted octanol–water partition coefficient (Wildman–Crippen LogP) is 6.84. The Morgan fingerprint density at radius 2 is 1.71 bits per heavy atom. The zero-order valence-electron chi connectivity index (χ0n) is 16.7. The van der Waals surface area contributed by atoms with Crippen LogP contribution in [0, 0.1) is 23.2 Å². The van der Waals surface area contributed by atoms with Crippen LogP contribution in [0.25, 0.3) is 0 Å². The van der Waals surface area contributed by atoms with Gasteiger partial charge in [0.25, 0.3) is 0 Å². The van der Waals surface area contributed by atoms with Gasteiger partial charge in [-0.25, -0.2) is 0 Å². The van der Waals surface area contributed by atoms with Gasteiger partial charge < -0.3 is 4.74 Å². The molecule has 24 heavy (non-hydrogen) atoms. The molecule has 0 bridgehead atoms. The number of rotatable bonds is 4. The summed E-state index contributed by atoms with van der Waals surface area (Å²) in [5, 5.41) is 0. The van der Waals surface area contributed by atoms with E-state index in [1.165, 1.54) is 24.8 Å². The van der Waals surface area contributed by atoms with Gasteiger partial charge in [0.2, 0.25) is 0 Å². The second-order valence-corrected chi connectivity index (χ2v) is 9.10. The summed E-state index contributed by atoms with van der Waals surface area (Å²) in [6.07, 6.45) is 6.61. The number of methoxy groups -OCH3 is 1. The van der Waals surface area contributed by atoms with Crippen molar-refractivity contribution in [2.75, 3.05) is 7.11 Å². The first-order chi connectivity index (χ1) is 11.2. The molecule has 0 spiro atoms. The first-order valence-electron chi connectivity index (χ1n) is 9.57. The standard InChI is InChI=1S/C23H36O/c1-16(2)21-13-8-17(3)14-19(21)15-22(23(4,5)6)18-9-11-20(24-7)12-10-18/h9-12,15-17,21-22H,8,13-14H2,1-7H3/b19-15+/t17-,21+,22-/m1/s1. The van der Waals surface area contributed by atoms with Crippen LogP contribution < -0.4 is 4.74 Å². The van der Waals surface area contributed by atoms with E-state index in [1.54, 1.807) is 12.7 Å². The van der Waals surface area contributed by atoms with Crippen LogP contribution in [0.5, 0.6) is 5.75 Å². The molecule has 0 aromatic heterocycles. The van der Waals surface area contributed by atoms with Gasteiger partial charge in [0.1, 0.15) is 5.75 Å². The summed E-state index contributed by atoms with van der Waals surface area (Å²) in [5.41, 5.74) is 3.31. The van der Waals surface area contributed by atoms with E-state index in [4.69, 9.17) is 4.74 Å². The average Bonchev–Trinajstić information content (AvgIpc) is 2.51. The Hall–Kier alpha value is -1.24. The normalized spacial score (nSPS) is 25.1. The van der Waals surface area contributed by atoms with E-state index in [0.717, 1.165) is 23.5 Å². The quantitative estimate of drug-likeness (QED) is 0.549. The fraction of sp³-hybridized carbons (Fsp3) is 0.652. The van der Waals surface area contributed by atoms with Crippen LogP contribution in [0.4, 0.5) is 0 Å². The molecule has 1 aromatic rings. The topological polar surface area (TPSA) is 9.23 Å². The fourth-order valence-corrected chi connectivity index (χ4v) is 4.13. The average molecular weight is 329 g/mol. The summed E-state index contributed by atoms with van der Waals surface area (Å²) >= 11 is 0. The maximum atomic E-state index is 5.33. The molecule has 0 radical (unpaired) electrons. The van der Waals surface area contributed by atoms with E-state index in [0.29, 0.717) is 5.92 Å². The molecule has 1 aromatic carbocycles. The number of ether oxygens (including phenoxy) is 1. The summed E-state index contributed by atoms with van der Waals surface area (Å²) in [5.74, 6) is 3.70. The van der Waals surface area contributed by atoms with Gasteiger partial charge in [0.05, 0.1) is 7.11 Å². The molecule has 1 nitrogen and oxygen atoms in total. The third-order valence-corrected chi connectivity index (χ3v) is 5.62. The van der Waals surface area contributed by atoms with Crippen LogP contribution in [0.3, 0.4) is 0 Å². The van der Waals surface area contributed by atoms with Crippen molar-refractivity contribution in [3.63, 3.8) is 0 Å². The molecule has 134 valence electrons. The van der Waals surface area contributed by atoms with Crippen LogP contribution in [-0.4, -0.2) is 7.11 Å². The minimum absolute atomic E-state index is 0.212. The van der Waals surface area contributed by atoms with Gasteiger partial charge in [0.15, 0.2) is 0 Å². The maximum absolute atomic E-state index is 5.33. The lowest BCUT2D eigenvalue weighted by molar-refractivity contribution is 0.299. The first-order valence-corrected chi connectivity index (χ1v) is 9.57. The lowest BCUT2D eigenvalue weighted by Crippen LogP contribution is -2.23. The Labute approximate surface area is 149 Å². The highest BCUT2D eigenvalue weighted by Gasteiger charge is 2.30. The zero-order chi connectivity index (χ0) is 17.9. The molecule has 0 N–H and O–H groups in total. The molecule has 2 rings (SSSR count). The summed E-state index contributed by atoms with van der Waals surface area (Å²) in [6.45, 7) is 14.2. The van der Waals surface area contributed by atoms with Crippen LogP contribution in [0.15, 0.2) is 35.9 Å². The SMILES string of the molecule is COc1ccc([C@@H](/C=C2\C[C@H](C)CC[C@H]2C(C)C)C(C)(C)C)cc1. The summed E-state index contributed by atoms with van der Waals surface area (Å²) in [7, 11) is 1.73. The van der Waals surface area contributed by atoms with Gasteiger partial charge in [-0.05, 0) is 60.1 Å². The Balaban J connectivity index is 2.39. The van der Waals surface area contributed by atoms with Gasteiger partial charge >= 0.3 is 0 Å². The second kappa shape index (κ2) is 7.76. The van der Waals surface area contributed by atoms with E-state index >= 15 is 0 Å². The van der Waals surface area contributed by atoms with Gasteiger partial charge in [-0.2, -0.15) is 0 Å². The van der Waals surface area contributed by atoms with E-state index in [9.17, 15) is 0 Å². The molecular formula is C23H36O. The minimum Gasteiger partial charge on any atom is -0.497 e. The highest BCUT2D eigenvalue weighted by molar-refractivity contribution is 5.34. The van der Waals surface area contributed by atoms with Crippen molar-refractivity contribution in [1.29, 1.82) is 0 Å². The minimum atomic E-state index is 0.212. The molecular weight excluding hydrogens is 292 g/mol. The summed E-state index contributed by atoms with van der Waals surface area (Å²) in [4.78, 5) is 0. The van der Waals surface area contributed by atoms with Crippen molar-refractivity contribution in [2.24, 2.45) is 23.2 Å². The van der Waals surface area contributed by atoms with Gasteiger partial charge in [-0.15, -0.1) is 0 Å². The smallest absolute Gasteiger partial charge is 0.118 e. The number of allylic oxidation sites excluding steroid dienone is 2. The van der Waals surface area contributed by atoms with Gasteiger partial charge in [-0.1, -0.05) is 65.3 Å². The number of benzene rings is 1. The molecule has 3 atom stereocenters. The second-order valence-electron chi connectivity index (χ2n) is 9.10. The van der Waals surface area contributed by atoms with E-state index < -0.39 is 0 Å². The molecule has 1 aliphatic carbocycles. The molecule has 1 heteroatoms. The maximum Gasteiger partial charge on any atom is 0.118 e. The molecule has 0 heterocycles. The van der Waals surface area contributed by atoms with Crippen LogP contribution in [0.1, 0.15) is 72.3 Å². The Morgan fingerprint density at radius 3 is 2.21 bits per heavy atom. The van der Waals surface area contributed by atoms with Gasteiger partial charge in [-0.3, -0.25) is 0 Å². The molecule has 1 fully saturated rings. The number of hydrogen-bond acceptors (Lipinski definition) is 1. The Kier molecular flexibility index (Phi) is 6.17. The third kappa shape index (κ3) is 4.65. The highest BCUT2D eigenvalue weighted by Crippen LogP contribution is 2.43. The largest absolute Gasteiger partial charge is 0.497 e. The monoisotopic (exact) mass is 328 g/mol. The summed E-state index contributed by atoms with van der Waals surface area (Å²) in [6, 6.07) is 8.66. The van der Waals surface area contributed by atoms with Crippen molar-refractivity contribution < 1.29 is 4.74 Å². The van der Waals surface area contributed by atoms with Crippen molar-refractivity contribution in [3.8, 4) is 5.75 Å². The van der Waals surface area contributed by atoms with Crippen molar-refractivity contribution in [1.82, 2.24) is 0 Å². The summed E-state index contributed by atoms with van der Waals surface area (Å²) < 4.78 is 5.33. The van der Waals surface area contributed by atoms with E-state index in [2.05, 4.69) is 71.9 Å². The lowest BCUT2D eigenvalue weighted by atomic mass is 9.69. The molecule has 0 aliphatic heterocycles. The fourth-order valence-electron chi connectivity index (χ4n) is 4.13. The molecule has 1 saturated carbocycles. The van der Waals surface area contributed by atoms with Crippen molar-refractivity contribution in [3.05, 3.63) is 41.5 Å². The van der Waals surface area contributed by atoms with Crippen molar-refractivity contribution >= 4 is 0 Å². The van der Waals surface area contributed by atoms with E-state index in [-0.39, 0.29) is 5.41 Å².